The number of carbonyl (C=O) groups excluding carboxylic acids is 1. The zero-order valence-electron chi connectivity index (χ0n) is 9.62. The van der Waals surface area contributed by atoms with Gasteiger partial charge >= 0.3 is 0 Å². The minimum absolute atomic E-state index is 0.0174. The van der Waals surface area contributed by atoms with Crippen molar-refractivity contribution in [2.75, 3.05) is 19.7 Å². The molecule has 3 N–H and O–H groups in total. The Morgan fingerprint density at radius 1 is 1.60 bits per heavy atom. The summed E-state index contributed by atoms with van der Waals surface area (Å²) >= 11 is 0. The molecular formula is C11H22N2O2. The standard InChI is InChI=1S/C11H22N2O2/c1-8(2)10(7-14)13-11(15)9-4-3-5-12-6-9/h8-10,12,14H,3-7H2,1-2H3,(H,13,15). The van der Waals surface area contributed by atoms with E-state index < -0.39 is 0 Å². The fourth-order valence-electron chi connectivity index (χ4n) is 1.80. The highest BCUT2D eigenvalue weighted by molar-refractivity contribution is 5.79. The summed E-state index contributed by atoms with van der Waals surface area (Å²) in [6.45, 7) is 5.80. The quantitative estimate of drug-likeness (QED) is 0.623. The Hall–Kier alpha value is -0.610. The summed E-state index contributed by atoms with van der Waals surface area (Å²) < 4.78 is 0. The first-order valence-electron chi connectivity index (χ1n) is 5.77. The summed E-state index contributed by atoms with van der Waals surface area (Å²) in [4.78, 5) is 11.8. The average Bonchev–Trinajstić information content (AvgIpc) is 2.26. The van der Waals surface area contributed by atoms with Gasteiger partial charge in [0.2, 0.25) is 5.91 Å². The van der Waals surface area contributed by atoms with Crippen molar-refractivity contribution >= 4 is 5.91 Å². The zero-order chi connectivity index (χ0) is 11.3. The van der Waals surface area contributed by atoms with Crippen molar-refractivity contribution in [3.05, 3.63) is 0 Å². The van der Waals surface area contributed by atoms with Gasteiger partial charge in [-0.2, -0.15) is 0 Å². The van der Waals surface area contributed by atoms with Crippen molar-refractivity contribution in [3.8, 4) is 0 Å². The molecule has 1 aliphatic rings. The topological polar surface area (TPSA) is 61.4 Å². The highest BCUT2D eigenvalue weighted by atomic mass is 16.3. The minimum atomic E-state index is -0.112. The van der Waals surface area contributed by atoms with Crippen LogP contribution in [0.15, 0.2) is 0 Å². The predicted octanol–water partition coefficient (Wildman–Crippen LogP) is 0.119. The Morgan fingerprint density at radius 2 is 2.33 bits per heavy atom. The molecule has 0 aromatic heterocycles. The Morgan fingerprint density at radius 3 is 2.80 bits per heavy atom. The summed E-state index contributed by atoms with van der Waals surface area (Å²) in [5.74, 6) is 0.428. The molecule has 1 fully saturated rings. The molecule has 4 heteroatoms. The fourth-order valence-corrected chi connectivity index (χ4v) is 1.80. The summed E-state index contributed by atoms with van der Waals surface area (Å²) in [6.07, 6.45) is 2.01. The molecule has 0 aliphatic carbocycles. The largest absolute Gasteiger partial charge is 0.394 e. The molecule has 15 heavy (non-hydrogen) atoms. The second-order valence-corrected chi connectivity index (χ2v) is 4.58. The molecular weight excluding hydrogens is 192 g/mol. The van der Waals surface area contributed by atoms with Gasteiger partial charge in [-0.05, 0) is 25.3 Å². The summed E-state index contributed by atoms with van der Waals surface area (Å²) in [5.41, 5.74) is 0. The first-order valence-corrected chi connectivity index (χ1v) is 5.77. The van der Waals surface area contributed by atoms with E-state index in [1.54, 1.807) is 0 Å². The normalized spacial score (nSPS) is 23.9. The number of hydrogen-bond donors (Lipinski definition) is 3. The van der Waals surface area contributed by atoms with Gasteiger partial charge in [-0.15, -0.1) is 0 Å². The molecule has 1 rings (SSSR count). The van der Waals surface area contributed by atoms with Crippen LogP contribution < -0.4 is 10.6 Å². The van der Waals surface area contributed by atoms with Gasteiger partial charge in [0.05, 0.1) is 18.6 Å². The number of aliphatic hydroxyl groups is 1. The zero-order valence-corrected chi connectivity index (χ0v) is 9.62. The molecule has 0 aromatic carbocycles. The van der Waals surface area contributed by atoms with E-state index >= 15 is 0 Å². The van der Waals surface area contributed by atoms with Gasteiger partial charge in [-0.1, -0.05) is 13.8 Å². The fraction of sp³-hybridized carbons (Fsp3) is 0.909. The van der Waals surface area contributed by atoms with E-state index in [0.29, 0.717) is 0 Å². The number of aliphatic hydroxyl groups excluding tert-OH is 1. The third-order valence-electron chi connectivity index (χ3n) is 3.00. The van der Waals surface area contributed by atoms with Crippen molar-refractivity contribution in [1.29, 1.82) is 0 Å². The Labute approximate surface area is 91.4 Å². The molecule has 4 nitrogen and oxygen atoms in total. The van der Waals surface area contributed by atoms with Crippen molar-refractivity contribution < 1.29 is 9.90 Å². The van der Waals surface area contributed by atoms with Crippen LogP contribution >= 0.6 is 0 Å². The van der Waals surface area contributed by atoms with Gasteiger partial charge in [-0.3, -0.25) is 4.79 Å². The van der Waals surface area contributed by atoms with Crippen molar-refractivity contribution in [1.82, 2.24) is 10.6 Å². The molecule has 1 heterocycles. The van der Waals surface area contributed by atoms with Gasteiger partial charge in [0.25, 0.3) is 0 Å². The predicted molar refractivity (Wildman–Crippen MR) is 59.4 cm³/mol. The first-order chi connectivity index (χ1) is 7.15. The molecule has 1 saturated heterocycles. The van der Waals surface area contributed by atoms with Crippen LogP contribution in [0.1, 0.15) is 26.7 Å². The smallest absolute Gasteiger partial charge is 0.224 e. The number of carbonyl (C=O) groups is 1. The van der Waals surface area contributed by atoms with Gasteiger partial charge in [0.15, 0.2) is 0 Å². The van der Waals surface area contributed by atoms with E-state index in [-0.39, 0.29) is 30.4 Å². The van der Waals surface area contributed by atoms with Crippen molar-refractivity contribution in [2.24, 2.45) is 11.8 Å². The second-order valence-electron chi connectivity index (χ2n) is 4.58. The molecule has 0 radical (unpaired) electrons. The number of amides is 1. The lowest BCUT2D eigenvalue weighted by molar-refractivity contribution is -0.126. The highest BCUT2D eigenvalue weighted by Crippen LogP contribution is 2.11. The monoisotopic (exact) mass is 214 g/mol. The molecule has 1 amide bonds. The van der Waals surface area contributed by atoms with E-state index in [1.807, 2.05) is 13.8 Å². The molecule has 0 aromatic rings. The summed E-state index contributed by atoms with van der Waals surface area (Å²) in [6, 6.07) is -0.112. The molecule has 2 atom stereocenters. The second kappa shape index (κ2) is 6.08. The van der Waals surface area contributed by atoms with Crippen LogP contribution in [0.5, 0.6) is 0 Å². The van der Waals surface area contributed by atoms with Crippen LogP contribution in [0, 0.1) is 11.8 Å². The maximum atomic E-state index is 11.8. The first kappa shape index (κ1) is 12.5. The molecule has 0 bridgehead atoms. The van der Waals surface area contributed by atoms with Gasteiger partial charge in [0, 0.05) is 6.54 Å². The Kier molecular flexibility index (Phi) is 5.05. The number of piperidine rings is 1. The van der Waals surface area contributed by atoms with Crippen LogP contribution in [-0.4, -0.2) is 36.8 Å². The summed E-state index contributed by atoms with van der Waals surface area (Å²) in [5, 5.41) is 15.2. The molecule has 2 unspecified atom stereocenters. The summed E-state index contributed by atoms with van der Waals surface area (Å²) in [7, 11) is 0. The van der Waals surface area contributed by atoms with E-state index in [4.69, 9.17) is 5.11 Å². The van der Waals surface area contributed by atoms with Crippen LogP contribution in [0.25, 0.3) is 0 Å². The molecule has 88 valence electrons. The van der Waals surface area contributed by atoms with Crippen LogP contribution in [0.3, 0.4) is 0 Å². The van der Waals surface area contributed by atoms with Gasteiger partial charge in [-0.25, -0.2) is 0 Å². The maximum absolute atomic E-state index is 11.8. The molecule has 0 spiro atoms. The van der Waals surface area contributed by atoms with Crippen LogP contribution in [0.2, 0.25) is 0 Å². The van der Waals surface area contributed by atoms with Gasteiger partial charge < -0.3 is 15.7 Å². The average molecular weight is 214 g/mol. The van der Waals surface area contributed by atoms with Gasteiger partial charge in [0.1, 0.15) is 0 Å². The van der Waals surface area contributed by atoms with Crippen LogP contribution in [0.4, 0.5) is 0 Å². The van der Waals surface area contributed by atoms with Crippen molar-refractivity contribution in [3.63, 3.8) is 0 Å². The number of rotatable bonds is 4. The maximum Gasteiger partial charge on any atom is 0.224 e. The highest BCUT2D eigenvalue weighted by Gasteiger charge is 2.23. The number of hydrogen-bond acceptors (Lipinski definition) is 3. The number of nitrogens with one attached hydrogen (secondary N) is 2. The van der Waals surface area contributed by atoms with E-state index in [0.717, 1.165) is 25.9 Å². The van der Waals surface area contributed by atoms with E-state index in [9.17, 15) is 4.79 Å². The van der Waals surface area contributed by atoms with E-state index in [2.05, 4.69) is 10.6 Å². The molecule has 1 aliphatic heterocycles. The SMILES string of the molecule is CC(C)C(CO)NC(=O)C1CCCNC1. The lowest BCUT2D eigenvalue weighted by Crippen LogP contribution is -2.47. The minimum Gasteiger partial charge on any atom is -0.394 e. The van der Waals surface area contributed by atoms with Crippen LogP contribution in [-0.2, 0) is 4.79 Å². The lowest BCUT2D eigenvalue weighted by atomic mass is 9.97. The Balaban J connectivity index is 2.38. The molecule has 0 saturated carbocycles. The third kappa shape index (κ3) is 3.80. The third-order valence-corrected chi connectivity index (χ3v) is 3.00. The van der Waals surface area contributed by atoms with Crippen molar-refractivity contribution in [2.45, 2.75) is 32.7 Å². The van der Waals surface area contributed by atoms with E-state index in [1.165, 1.54) is 0 Å². The lowest BCUT2D eigenvalue weighted by Gasteiger charge is -2.26. The Bertz CT molecular complexity index is 201.